The van der Waals surface area contributed by atoms with Crippen molar-refractivity contribution in [3.05, 3.63) is 0 Å². The summed E-state index contributed by atoms with van der Waals surface area (Å²) in [6, 6.07) is 0.588. The standard InChI is InChI=1S/C17H35N3O/c1-16(2)18-14-17(6-4-3-5-7-17)15-20-10-8-19(9-11-20)12-13-21/h16,18,21H,3-15H2,1-2H3. The van der Waals surface area contributed by atoms with Crippen LogP contribution in [0.5, 0.6) is 0 Å². The van der Waals surface area contributed by atoms with Crippen molar-refractivity contribution in [2.24, 2.45) is 5.41 Å². The van der Waals surface area contributed by atoms with Crippen LogP contribution in [-0.2, 0) is 0 Å². The van der Waals surface area contributed by atoms with Crippen LogP contribution in [0, 0.1) is 5.41 Å². The third-order valence-electron chi connectivity index (χ3n) is 5.24. The summed E-state index contributed by atoms with van der Waals surface area (Å²) in [5, 5.41) is 12.7. The zero-order chi connectivity index (χ0) is 15.1. The predicted octanol–water partition coefficient (Wildman–Crippen LogP) is 1.54. The first-order valence-electron chi connectivity index (χ1n) is 8.92. The molecule has 0 amide bonds. The van der Waals surface area contributed by atoms with E-state index in [4.69, 9.17) is 5.11 Å². The average molecular weight is 297 g/mol. The molecule has 2 rings (SSSR count). The van der Waals surface area contributed by atoms with Gasteiger partial charge >= 0.3 is 0 Å². The van der Waals surface area contributed by atoms with Gasteiger partial charge in [0.1, 0.15) is 0 Å². The molecular weight excluding hydrogens is 262 g/mol. The number of β-amino-alcohol motifs (C(OH)–C–C–N with tert-alkyl or cyclic N) is 1. The molecule has 2 N–H and O–H groups in total. The highest BCUT2D eigenvalue weighted by Crippen LogP contribution is 2.36. The molecular formula is C17H35N3O. The fourth-order valence-corrected chi connectivity index (χ4v) is 3.90. The molecule has 0 aromatic heterocycles. The van der Waals surface area contributed by atoms with Crippen molar-refractivity contribution in [1.29, 1.82) is 0 Å². The quantitative estimate of drug-likeness (QED) is 0.748. The lowest BCUT2D eigenvalue weighted by molar-refractivity contribution is 0.0554. The summed E-state index contributed by atoms with van der Waals surface area (Å²) in [4.78, 5) is 5.05. The van der Waals surface area contributed by atoms with E-state index in [1.807, 2.05) is 0 Å². The van der Waals surface area contributed by atoms with Gasteiger partial charge in [-0.1, -0.05) is 33.1 Å². The first-order chi connectivity index (χ1) is 10.1. The van der Waals surface area contributed by atoms with E-state index in [0.717, 1.165) is 19.6 Å². The first kappa shape index (κ1) is 17.2. The second kappa shape index (κ2) is 8.47. The molecule has 2 fully saturated rings. The molecule has 0 unspecified atom stereocenters. The van der Waals surface area contributed by atoms with Crippen molar-refractivity contribution in [3.8, 4) is 0 Å². The van der Waals surface area contributed by atoms with E-state index in [1.165, 1.54) is 58.3 Å². The first-order valence-corrected chi connectivity index (χ1v) is 8.92. The van der Waals surface area contributed by atoms with Crippen molar-refractivity contribution in [2.45, 2.75) is 52.0 Å². The molecule has 124 valence electrons. The Labute approximate surface area is 130 Å². The van der Waals surface area contributed by atoms with E-state index in [2.05, 4.69) is 29.0 Å². The van der Waals surface area contributed by atoms with Crippen molar-refractivity contribution in [1.82, 2.24) is 15.1 Å². The second-order valence-electron chi connectivity index (χ2n) is 7.44. The maximum atomic E-state index is 9.04. The highest BCUT2D eigenvalue weighted by Gasteiger charge is 2.34. The predicted molar refractivity (Wildman–Crippen MR) is 88.6 cm³/mol. The third-order valence-corrected chi connectivity index (χ3v) is 5.24. The Balaban J connectivity index is 1.84. The second-order valence-corrected chi connectivity index (χ2v) is 7.44. The highest BCUT2D eigenvalue weighted by molar-refractivity contribution is 4.89. The summed E-state index contributed by atoms with van der Waals surface area (Å²) in [5.41, 5.74) is 0.502. The fraction of sp³-hybridized carbons (Fsp3) is 1.00. The van der Waals surface area contributed by atoms with E-state index in [0.29, 0.717) is 18.1 Å². The average Bonchev–Trinajstić information content (AvgIpc) is 2.49. The molecule has 1 aliphatic carbocycles. The molecule has 4 nitrogen and oxygen atoms in total. The van der Waals surface area contributed by atoms with Crippen LogP contribution in [0.25, 0.3) is 0 Å². The van der Waals surface area contributed by atoms with Gasteiger partial charge < -0.3 is 15.3 Å². The van der Waals surface area contributed by atoms with E-state index in [-0.39, 0.29) is 0 Å². The summed E-state index contributed by atoms with van der Waals surface area (Å²) >= 11 is 0. The molecule has 0 bridgehead atoms. The SMILES string of the molecule is CC(C)NCC1(CN2CCN(CCO)CC2)CCCCC1. The highest BCUT2D eigenvalue weighted by atomic mass is 16.3. The van der Waals surface area contributed by atoms with Gasteiger partial charge in [0.25, 0.3) is 0 Å². The Bertz CT molecular complexity index is 282. The molecule has 2 aliphatic rings. The van der Waals surface area contributed by atoms with Crippen LogP contribution in [0.4, 0.5) is 0 Å². The molecule has 0 aromatic carbocycles. The monoisotopic (exact) mass is 297 g/mol. The van der Waals surface area contributed by atoms with Gasteiger partial charge in [0.05, 0.1) is 6.61 Å². The summed E-state index contributed by atoms with van der Waals surface area (Å²) in [6.07, 6.45) is 7.02. The molecule has 4 heteroatoms. The zero-order valence-electron chi connectivity index (χ0n) is 14.1. The van der Waals surface area contributed by atoms with Crippen LogP contribution in [-0.4, -0.2) is 73.4 Å². The number of piperazine rings is 1. The lowest BCUT2D eigenvalue weighted by Crippen LogP contribution is -2.53. The Morgan fingerprint density at radius 1 is 1.00 bits per heavy atom. The van der Waals surface area contributed by atoms with E-state index in [1.54, 1.807) is 0 Å². The minimum Gasteiger partial charge on any atom is -0.395 e. The minimum absolute atomic E-state index is 0.294. The Morgan fingerprint density at radius 2 is 1.62 bits per heavy atom. The van der Waals surface area contributed by atoms with Crippen molar-refractivity contribution < 1.29 is 5.11 Å². The van der Waals surface area contributed by atoms with Gasteiger partial charge in [-0.3, -0.25) is 4.90 Å². The molecule has 0 atom stereocenters. The maximum absolute atomic E-state index is 9.04. The van der Waals surface area contributed by atoms with Crippen molar-refractivity contribution >= 4 is 0 Å². The number of nitrogens with one attached hydrogen (secondary N) is 1. The lowest BCUT2D eigenvalue weighted by Gasteiger charge is -2.44. The van der Waals surface area contributed by atoms with Gasteiger partial charge in [0.15, 0.2) is 0 Å². The molecule has 0 spiro atoms. The number of hydrogen-bond acceptors (Lipinski definition) is 4. The molecule has 0 radical (unpaired) electrons. The molecule has 1 saturated heterocycles. The summed E-state index contributed by atoms with van der Waals surface area (Å²) in [5.74, 6) is 0. The number of aliphatic hydroxyl groups is 1. The van der Waals surface area contributed by atoms with Crippen LogP contribution in [0.2, 0.25) is 0 Å². The van der Waals surface area contributed by atoms with Gasteiger partial charge in [0, 0.05) is 51.9 Å². The van der Waals surface area contributed by atoms with Crippen LogP contribution < -0.4 is 5.32 Å². The molecule has 0 aromatic rings. The van der Waals surface area contributed by atoms with Crippen molar-refractivity contribution in [3.63, 3.8) is 0 Å². The smallest absolute Gasteiger partial charge is 0.0558 e. The Morgan fingerprint density at radius 3 is 2.19 bits per heavy atom. The van der Waals surface area contributed by atoms with Gasteiger partial charge in [-0.2, -0.15) is 0 Å². The topological polar surface area (TPSA) is 38.7 Å². The summed E-state index contributed by atoms with van der Waals surface area (Å²) in [6.45, 7) is 12.7. The molecule has 1 saturated carbocycles. The van der Waals surface area contributed by atoms with Crippen LogP contribution in [0.15, 0.2) is 0 Å². The number of hydrogen-bond donors (Lipinski definition) is 2. The van der Waals surface area contributed by atoms with Gasteiger partial charge in [-0.25, -0.2) is 0 Å². The van der Waals surface area contributed by atoms with E-state index in [9.17, 15) is 0 Å². The van der Waals surface area contributed by atoms with Gasteiger partial charge in [0.2, 0.25) is 0 Å². The third kappa shape index (κ3) is 5.51. The largest absolute Gasteiger partial charge is 0.395 e. The molecule has 1 heterocycles. The molecule has 1 aliphatic heterocycles. The van der Waals surface area contributed by atoms with Crippen LogP contribution in [0.3, 0.4) is 0 Å². The minimum atomic E-state index is 0.294. The maximum Gasteiger partial charge on any atom is 0.0558 e. The van der Waals surface area contributed by atoms with Crippen LogP contribution >= 0.6 is 0 Å². The van der Waals surface area contributed by atoms with Gasteiger partial charge in [-0.15, -0.1) is 0 Å². The fourth-order valence-electron chi connectivity index (χ4n) is 3.90. The number of nitrogens with zero attached hydrogens (tertiary/aromatic N) is 2. The van der Waals surface area contributed by atoms with E-state index < -0.39 is 0 Å². The summed E-state index contributed by atoms with van der Waals surface area (Å²) < 4.78 is 0. The van der Waals surface area contributed by atoms with E-state index >= 15 is 0 Å². The summed E-state index contributed by atoms with van der Waals surface area (Å²) in [7, 11) is 0. The van der Waals surface area contributed by atoms with Crippen LogP contribution in [0.1, 0.15) is 46.0 Å². The van der Waals surface area contributed by atoms with Crippen molar-refractivity contribution in [2.75, 3.05) is 52.4 Å². The van der Waals surface area contributed by atoms with Gasteiger partial charge in [-0.05, 0) is 18.3 Å². The Hall–Kier alpha value is -0.160. The zero-order valence-corrected chi connectivity index (χ0v) is 14.1. The molecule has 21 heavy (non-hydrogen) atoms. The number of rotatable bonds is 7. The Kier molecular flexibility index (Phi) is 6.93. The number of aliphatic hydroxyl groups excluding tert-OH is 1. The lowest BCUT2D eigenvalue weighted by atomic mass is 9.73. The normalized spacial score (nSPS) is 24.6.